The first kappa shape index (κ1) is 17.3. The van der Waals surface area contributed by atoms with Crippen LogP contribution in [-0.4, -0.2) is 11.7 Å². The van der Waals surface area contributed by atoms with Crippen LogP contribution < -0.4 is 10.6 Å². The second kappa shape index (κ2) is 7.00. The molecule has 0 aliphatic carbocycles. The van der Waals surface area contributed by atoms with E-state index in [1.807, 2.05) is 18.4 Å². The fourth-order valence-electron chi connectivity index (χ4n) is 1.95. The molecule has 0 saturated heterocycles. The van der Waals surface area contributed by atoms with Gasteiger partial charge < -0.3 is 10.1 Å². The van der Waals surface area contributed by atoms with Crippen LogP contribution in [0.5, 0.6) is 0 Å². The number of hydrogen-bond donors (Lipinski definition) is 2. The van der Waals surface area contributed by atoms with Gasteiger partial charge >= 0.3 is 6.09 Å². The molecule has 1 aromatic carbocycles. The number of carbonyl (C=O) groups is 1. The molecular formula is C17H21FN2O2S. The molecule has 2 rings (SSSR count). The van der Waals surface area contributed by atoms with Crippen LogP contribution in [0.25, 0.3) is 0 Å². The van der Waals surface area contributed by atoms with Crippen LogP contribution in [0, 0.1) is 12.7 Å². The third-order valence-electron chi connectivity index (χ3n) is 3.02. The second-order valence-electron chi connectivity index (χ2n) is 6.20. The maximum atomic E-state index is 13.5. The Morgan fingerprint density at radius 2 is 2.00 bits per heavy atom. The average molecular weight is 336 g/mol. The lowest BCUT2D eigenvalue weighted by molar-refractivity contribution is 0.0636. The Bertz CT molecular complexity index is 692. The molecule has 0 aliphatic heterocycles. The summed E-state index contributed by atoms with van der Waals surface area (Å²) >= 11 is 1.63. The lowest BCUT2D eigenvalue weighted by atomic mass is 10.2. The Labute approximate surface area is 139 Å². The first-order valence-corrected chi connectivity index (χ1v) is 8.19. The summed E-state index contributed by atoms with van der Waals surface area (Å²) in [6.07, 6.45) is -0.570. The number of thiophene rings is 1. The molecule has 0 bridgehead atoms. The van der Waals surface area contributed by atoms with Crippen molar-refractivity contribution < 1.29 is 13.9 Å². The minimum absolute atomic E-state index is 0.370. The van der Waals surface area contributed by atoms with Crippen molar-refractivity contribution in [3.8, 4) is 0 Å². The molecule has 4 nitrogen and oxygen atoms in total. The number of halogens is 1. The smallest absolute Gasteiger partial charge is 0.412 e. The second-order valence-corrected chi connectivity index (χ2v) is 7.20. The van der Waals surface area contributed by atoms with Crippen molar-refractivity contribution in [2.45, 2.75) is 39.8 Å². The molecule has 2 aromatic rings. The number of ether oxygens (including phenoxy) is 1. The van der Waals surface area contributed by atoms with Crippen molar-refractivity contribution in [3.63, 3.8) is 0 Å². The van der Waals surface area contributed by atoms with Crippen molar-refractivity contribution in [2.24, 2.45) is 0 Å². The van der Waals surface area contributed by atoms with Crippen LogP contribution in [0.15, 0.2) is 29.6 Å². The highest BCUT2D eigenvalue weighted by Gasteiger charge is 2.17. The molecule has 1 heterocycles. The molecule has 0 unspecified atom stereocenters. The quantitative estimate of drug-likeness (QED) is 0.811. The molecule has 124 valence electrons. The summed E-state index contributed by atoms with van der Waals surface area (Å²) in [7, 11) is 0. The Morgan fingerprint density at radius 3 is 2.61 bits per heavy atom. The Hall–Kier alpha value is -2.08. The highest BCUT2D eigenvalue weighted by molar-refractivity contribution is 7.10. The molecule has 1 aromatic heterocycles. The summed E-state index contributed by atoms with van der Waals surface area (Å²) in [6.45, 7) is 7.96. The van der Waals surface area contributed by atoms with Gasteiger partial charge in [0.25, 0.3) is 0 Å². The zero-order valence-electron chi connectivity index (χ0n) is 13.7. The number of benzene rings is 1. The summed E-state index contributed by atoms with van der Waals surface area (Å²) in [5.41, 5.74) is 1.59. The Morgan fingerprint density at radius 1 is 1.26 bits per heavy atom. The molecule has 0 fully saturated rings. The van der Waals surface area contributed by atoms with E-state index >= 15 is 0 Å². The fraction of sp³-hybridized carbons (Fsp3) is 0.353. The lowest BCUT2D eigenvalue weighted by Gasteiger charge is -2.20. The number of amides is 1. The van der Waals surface area contributed by atoms with Gasteiger partial charge in [-0.2, -0.15) is 0 Å². The Balaban J connectivity index is 2.11. The van der Waals surface area contributed by atoms with E-state index in [0.29, 0.717) is 17.9 Å². The van der Waals surface area contributed by atoms with Gasteiger partial charge in [-0.05, 0) is 62.9 Å². The molecule has 23 heavy (non-hydrogen) atoms. The van der Waals surface area contributed by atoms with E-state index in [1.165, 1.54) is 23.8 Å². The lowest BCUT2D eigenvalue weighted by Crippen LogP contribution is -2.27. The molecule has 0 atom stereocenters. The van der Waals surface area contributed by atoms with E-state index in [0.717, 1.165) is 4.88 Å². The van der Waals surface area contributed by atoms with Crippen molar-refractivity contribution >= 4 is 28.8 Å². The van der Waals surface area contributed by atoms with Crippen LogP contribution >= 0.6 is 11.3 Å². The molecular weight excluding hydrogens is 315 g/mol. The van der Waals surface area contributed by atoms with Crippen LogP contribution in [0.2, 0.25) is 0 Å². The maximum absolute atomic E-state index is 13.5. The minimum atomic E-state index is -0.591. The first-order valence-electron chi connectivity index (χ1n) is 7.31. The fourth-order valence-corrected chi connectivity index (χ4v) is 2.79. The zero-order valence-corrected chi connectivity index (χ0v) is 14.5. The summed E-state index contributed by atoms with van der Waals surface area (Å²) < 4.78 is 18.7. The molecule has 1 amide bonds. The third kappa shape index (κ3) is 5.25. The molecule has 2 N–H and O–H groups in total. The molecule has 0 radical (unpaired) electrons. The van der Waals surface area contributed by atoms with Gasteiger partial charge in [0.15, 0.2) is 0 Å². The number of rotatable bonds is 4. The van der Waals surface area contributed by atoms with Crippen LogP contribution in [0.1, 0.15) is 31.2 Å². The van der Waals surface area contributed by atoms with E-state index in [1.54, 1.807) is 32.1 Å². The highest BCUT2D eigenvalue weighted by atomic mass is 32.1. The van der Waals surface area contributed by atoms with Crippen molar-refractivity contribution in [3.05, 3.63) is 45.9 Å². The largest absolute Gasteiger partial charge is 0.444 e. The summed E-state index contributed by atoms with van der Waals surface area (Å²) in [5, 5.41) is 7.83. The van der Waals surface area contributed by atoms with Gasteiger partial charge in [0, 0.05) is 11.4 Å². The van der Waals surface area contributed by atoms with E-state index in [2.05, 4.69) is 10.6 Å². The van der Waals surface area contributed by atoms with E-state index in [9.17, 15) is 9.18 Å². The van der Waals surface area contributed by atoms with Gasteiger partial charge in [-0.15, -0.1) is 11.3 Å². The Kier molecular flexibility index (Phi) is 5.26. The number of aryl methyl sites for hydroxylation is 1. The number of hydrogen-bond acceptors (Lipinski definition) is 4. The molecule has 6 heteroatoms. The molecule has 0 spiro atoms. The highest BCUT2D eigenvalue weighted by Crippen LogP contribution is 2.25. The SMILES string of the molecule is Cc1ccsc1CNc1cc(F)ccc1NC(=O)OC(C)(C)C. The molecule has 0 aliphatic rings. The summed E-state index contributed by atoms with van der Waals surface area (Å²) in [4.78, 5) is 13.1. The van der Waals surface area contributed by atoms with Gasteiger partial charge in [-0.25, -0.2) is 9.18 Å². The van der Waals surface area contributed by atoms with Crippen molar-refractivity contribution in [1.29, 1.82) is 0 Å². The van der Waals surface area contributed by atoms with Gasteiger partial charge in [0.1, 0.15) is 11.4 Å². The predicted octanol–water partition coefficient (Wildman–Crippen LogP) is 5.15. The van der Waals surface area contributed by atoms with Gasteiger partial charge in [-0.1, -0.05) is 0 Å². The van der Waals surface area contributed by atoms with Crippen molar-refractivity contribution in [1.82, 2.24) is 0 Å². The average Bonchev–Trinajstić information content (AvgIpc) is 2.82. The van der Waals surface area contributed by atoms with Gasteiger partial charge in [0.2, 0.25) is 0 Å². The van der Waals surface area contributed by atoms with Gasteiger partial charge in [0.05, 0.1) is 11.4 Å². The third-order valence-corrected chi connectivity index (χ3v) is 4.05. The number of anilines is 2. The standard InChI is InChI=1S/C17H21FN2O2S/c1-11-7-8-23-15(11)10-19-14-9-12(18)5-6-13(14)20-16(21)22-17(2,3)4/h5-9,19H,10H2,1-4H3,(H,20,21). The monoisotopic (exact) mass is 336 g/mol. The molecule has 0 saturated carbocycles. The van der Waals surface area contributed by atoms with Crippen LogP contribution in [-0.2, 0) is 11.3 Å². The zero-order chi connectivity index (χ0) is 17.0. The van der Waals surface area contributed by atoms with Crippen molar-refractivity contribution in [2.75, 3.05) is 10.6 Å². The van der Waals surface area contributed by atoms with Gasteiger partial charge in [-0.3, -0.25) is 5.32 Å². The predicted molar refractivity (Wildman–Crippen MR) is 92.6 cm³/mol. The topological polar surface area (TPSA) is 50.4 Å². The number of nitrogens with one attached hydrogen (secondary N) is 2. The van der Waals surface area contributed by atoms with E-state index in [4.69, 9.17) is 4.74 Å². The maximum Gasteiger partial charge on any atom is 0.412 e. The summed E-state index contributed by atoms with van der Waals surface area (Å²) in [5.74, 6) is -0.370. The van der Waals surface area contributed by atoms with Crippen LogP contribution in [0.4, 0.5) is 20.6 Å². The van der Waals surface area contributed by atoms with E-state index < -0.39 is 11.7 Å². The first-order chi connectivity index (χ1) is 10.7. The normalized spacial score (nSPS) is 11.2. The van der Waals surface area contributed by atoms with E-state index in [-0.39, 0.29) is 5.82 Å². The van der Waals surface area contributed by atoms with Crippen LogP contribution in [0.3, 0.4) is 0 Å². The number of carbonyl (C=O) groups excluding carboxylic acids is 1. The minimum Gasteiger partial charge on any atom is -0.444 e. The summed E-state index contributed by atoms with van der Waals surface area (Å²) in [6, 6.07) is 6.21.